The molecule has 0 unspecified atom stereocenters. The lowest BCUT2D eigenvalue weighted by molar-refractivity contribution is -0.137. The van der Waals surface area contributed by atoms with Gasteiger partial charge in [-0.3, -0.25) is 4.98 Å². The maximum atomic E-state index is 10.9. The van der Waals surface area contributed by atoms with Gasteiger partial charge < -0.3 is 9.84 Å². The SMILES string of the molecule is O=C(CO)Oc1cccc2cccnc12. The van der Waals surface area contributed by atoms with Crippen molar-refractivity contribution in [1.29, 1.82) is 0 Å². The minimum atomic E-state index is -0.687. The molecule has 0 bridgehead atoms. The van der Waals surface area contributed by atoms with Crippen molar-refractivity contribution < 1.29 is 14.6 Å². The molecule has 76 valence electrons. The van der Waals surface area contributed by atoms with E-state index in [1.54, 1.807) is 24.4 Å². The first-order chi connectivity index (χ1) is 7.31. The molecule has 0 radical (unpaired) electrons. The normalized spacial score (nSPS) is 10.2. The molecule has 4 nitrogen and oxygen atoms in total. The quantitative estimate of drug-likeness (QED) is 0.587. The number of para-hydroxylation sites is 1. The lowest BCUT2D eigenvalue weighted by Crippen LogP contribution is -2.12. The van der Waals surface area contributed by atoms with Gasteiger partial charge in [-0.2, -0.15) is 0 Å². The number of aromatic nitrogens is 1. The Labute approximate surface area is 86.1 Å². The van der Waals surface area contributed by atoms with Crippen LogP contribution in [0.15, 0.2) is 36.5 Å². The van der Waals surface area contributed by atoms with Crippen LogP contribution in [-0.2, 0) is 4.79 Å². The predicted octanol–water partition coefficient (Wildman–Crippen LogP) is 1.13. The van der Waals surface area contributed by atoms with Crippen LogP contribution in [-0.4, -0.2) is 22.7 Å². The molecule has 0 amide bonds. The first-order valence-corrected chi connectivity index (χ1v) is 4.46. The molecule has 0 aliphatic carbocycles. The highest BCUT2D eigenvalue weighted by Crippen LogP contribution is 2.22. The van der Waals surface area contributed by atoms with Crippen LogP contribution in [0.3, 0.4) is 0 Å². The molecule has 0 saturated heterocycles. The van der Waals surface area contributed by atoms with Crippen molar-refractivity contribution in [1.82, 2.24) is 4.98 Å². The summed E-state index contributed by atoms with van der Waals surface area (Å²) in [7, 11) is 0. The van der Waals surface area contributed by atoms with Crippen LogP contribution in [0.5, 0.6) is 5.75 Å². The topological polar surface area (TPSA) is 59.4 Å². The molecular formula is C11H9NO3. The minimum Gasteiger partial charge on any atom is -0.422 e. The van der Waals surface area contributed by atoms with E-state index in [-0.39, 0.29) is 0 Å². The molecule has 0 fully saturated rings. The molecule has 1 N–H and O–H groups in total. The molecule has 4 heteroatoms. The molecule has 1 aromatic heterocycles. The zero-order valence-corrected chi connectivity index (χ0v) is 7.88. The summed E-state index contributed by atoms with van der Waals surface area (Å²) in [5.74, 6) is -0.319. The number of fused-ring (bicyclic) bond motifs is 1. The fourth-order valence-corrected chi connectivity index (χ4v) is 1.31. The summed E-state index contributed by atoms with van der Waals surface area (Å²) in [6.07, 6.45) is 1.62. The van der Waals surface area contributed by atoms with E-state index in [0.717, 1.165) is 5.39 Å². The summed E-state index contributed by atoms with van der Waals surface area (Å²) in [5.41, 5.74) is 0.613. The van der Waals surface area contributed by atoms with Gasteiger partial charge in [0.2, 0.25) is 0 Å². The summed E-state index contributed by atoms with van der Waals surface area (Å²) in [6, 6.07) is 8.96. The lowest BCUT2D eigenvalue weighted by atomic mass is 10.2. The third-order valence-electron chi connectivity index (χ3n) is 1.95. The monoisotopic (exact) mass is 203 g/mol. The Bertz CT molecular complexity index is 491. The van der Waals surface area contributed by atoms with Gasteiger partial charge in [-0.25, -0.2) is 4.79 Å². The summed E-state index contributed by atoms with van der Waals surface area (Å²) >= 11 is 0. The molecule has 0 spiro atoms. The number of aliphatic hydroxyl groups excluding tert-OH is 1. The molecule has 0 atom stereocenters. The number of rotatable bonds is 2. The number of nitrogens with zero attached hydrogens (tertiary/aromatic N) is 1. The van der Waals surface area contributed by atoms with Gasteiger partial charge in [0.25, 0.3) is 0 Å². The van der Waals surface area contributed by atoms with E-state index in [1.165, 1.54) is 0 Å². The van der Waals surface area contributed by atoms with Gasteiger partial charge in [0, 0.05) is 11.6 Å². The number of pyridine rings is 1. The van der Waals surface area contributed by atoms with Crippen LogP contribution in [0.1, 0.15) is 0 Å². The summed E-state index contributed by atoms with van der Waals surface area (Å²) in [5, 5.41) is 9.46. The molecular weight excluding hydrogens is 194 g/mol. The molecule has 2 aromatic rings. The van der Waals surface area contributed by atoms with Gasteiger partial charge in [0.05, 0.1) is 0 Å². The van der Waals surface area contributed by atoms with Crippen LogP contribution in [0.25, 0.3) is 10.9 Å². The Morgan fingerprint density at radius 1 is 1.33 bits per heavy atom. The van der Waals surface area contributed by atoms with E-state index < -0.39 is 12.6 Å². The summed E-state index contributed by atoms with van der Waals surface area (Å²) in [4.78, 5) is 15.0. The summed E-state index contributed by atoms with van der Waals surface area (Å²) < 4.78 is 4.93. The fourth-order valence-electron chi connectivity index (χ4n) is 1.31. The maximum absolute atomic E-state index is 10.9. The smallest absolute Gasteiger partial charge is 0.337 e. The molecule has 0 aliphatic heterocycles. The second-order valence-electron chi connectivity index (χ2n) is 2.96. The van der Waals surface area contributed by atoms with Crippen molar-refractivity contribution in [3.63, 3.8) is 0 Å². The second-order valence-corrected chi connectivity index (χ2v) is 2.96. The number of carbonyl (C=O) groups is 1. The molecule has 0 aliphatic rings. The van der Waals surface area contributed by atoms with Gasteiger partial charge in [-0.1, -0.05) is 18.2 Å². The van der Waals surface area contributed by atoms with Crippen molar-refractivity contribution in [2.24, 2.45) is 0 Å². The van der Waals surface area contributed by atoms with E-state index in [4.69, 9.17) is 9.84 Å². The Balaban J connectivity index is 2.46. The highest BCUT2D eigenvalue weighted by Gasteiger charge is 2.06. The van der Waals surface area contributed by atoms with E-state index in [2.05, 4.69) is 4.98 Å². The fraction of sp³-hybridized carbons (Fsp3) is 0.0909. The van der Waals surface area contributed by atoms with Crippen LogP contribution >= 0.6 is 0 Å². The molecule has 15 heavy (non-hydrogen) atoms. The van der Waals surface area contributed by atoms with Crippen LogP contribution < -0.4 is 4.74 Å². The van der Waals surface area contributed by atoms with Crippen molar-refractivity contribution in [3.05, 3.63) is 36.5 Å². The first-order valence-electron chi connectivity index (χ1n) is 4.46. The highest BCUT2D eigenvalue weighted by molar-refractivity contribution is 5.87. The van der Waals surface area contributed by atoms with E-state index in [0.29, 0.717) is 11.3 Å². The lowest BCUT2D eigenvalue weighted by Gasteiger charge is -2.04. The second kappa shape index (κ2) is 4.06. The number of ether oxygens (including phenoxy) is 1. The zero-order chi connectivity index (χ0) is 10.7. The number of aliphatic hydroxyl groups is 1. The van der Waals surface area contributed by atoms with Gasteiger partial charge in [0.15, 0.2) is 5.75 Å². The van der Waals surface area contributed by atoms with Gasteiger partial charge >= 0.3 is 5.97 Å². The van der Waals surface area contributed by atoms with Gasteiger partial charge in [-0.05, 0) is 12.1 Å². The molecule has 1 aromatic carbocycles. The number of carbonyl (C=O) groups excluding carboxylic acids is 1. The molecule has 1 heterocycles. The number of esters is 1. The maximum Gasteiger partial charge on any atom is 0.337 e. The zero-order valence-electron chi connectivity index (χ0n) is 7.88. The predicted molar refractivity (Wildman–Crippen MR) is 54.5 cm³/mol. The first kappa shape index (κ1) is 9.61. The van der Waals surface area contributed by atoms with Crippen molar-refractivity contribution in [2.75, 3.05) is 6.61 Å². The van der Waals surface area contributed by atoms with E-state index >= 15 is 0 Å². The van der Waals surface area contributed by atoms with E-state index in [1.807, 2.05) is 12.1 Å². The Kier molecular flexibility index (Phi) is 2.60. The van der Waals surface area contributed by atoms with Crippen LogP contribution in [0, 0.1) is 0 Å². The molecule has 0 saturated carbocycles. The number of hydrogen-bond donors (Lipinski definition) is 1. The minimum absolute atomic E-state index is 0.368. The van der Waals surface area contributed by atoms with Crippen molar-refractivity contribution in [2.45, 2.75) is 0 Å². The van der Waals surface area contributed by atoms with Crippen LogP contribution in [0.2, 0.25) is 0 Å². The van der Waals surface area contributed by atoms with E-state index in [9.17, 15) is 4.79 Å². The highest BCUT2D eigenvalue weighted by atomic mass is 16.5. The van der Waals surface area contributed by atoms with Crippen molar-refractivity contribution in [3.8, 4) is 5.75 Å². The third kappa shape index (κ3) is 1.94. The van der Waals surface area contributed by atoms with Crippen molar-refractivity contribution >= 4 is 16.9 Å². The third-order valence-corrected chi connectivity index (χ3v) is 1.95. The van der Waals surface area contributed by atoms with Gasteiger partial charge in [0.1, 0.15) is 12.1 Å². The average molecular weight is 203 g/mol. The Morgan fingerprint density at radius 2 is 2.13 bits per heavy atom. The van der Waals surface area contributed by atoms with Crippen LogP contribution in [0.4, 0.5) is 0 Å². The number of hydrogen-bond acceptors (Lipinski definition) is 4. The largest absolute Gasteiger partial charge is 0.422 e. The Hall–Kier alpha value is -1.94. The molecule has 2 rings (SSSR count). The number of benzene rings is 1. The average Bonchev–Trinajstić information content (AvgIpc) is 2.29. The standard InChI is InChI=1S/C11H9NO3/c13-7-10(14)15-9-5-1-3-8-4-2-6-12-11(8)9/h1-6,13H,7H2. The summed E-state index contributed by atoms with van der Waals surface area (Å²) in [6.45, 7) is -0.636. The Morgan fingerprint density at radius 3 is 2.93 bits per heavy atom. The van der Waals surface area contributed by atoms with Gasteiger partial charge in [-0.15, -0.1) is 0 Å².